The quantitative estimate of drug-likeness (QED) is 0.267. The molecule has 0 aliphatic carbocycles. The lowest BCUT2D eigenvalue weighted by Crippen LogP contribution is -2.40. The van der Waals surface area contributed by atoms with Crippen LogP contribution in [0.4, 0.5) is 34.4 Å². The van der Waals surface area contributed by atoms with Gasteiger partial charge < -0.3 is 10.2 Å². The molecule has 1 atom stereocenters. The van der Waals surface area contributed by atoms with E-state index in [-0.39, 0.29) is 17.5 Å². The van der Waals surface area contributed by atoms with Gasteiger partial charge in [-0.3, -0.25) is 10.1 Å². The van der Waals surface area contributed by atoms with Gasteiger partial charge >= 0.3 is 5.69 Å². The lowest BCUT2D eigenvalue weighted by Gasteiger charge is -2.35. The molecule has 1 saturated heterocycles. The van der Waals surface area contributed by atoms with Crippen molar-refractivity contribution in [2.45, 2.75) is 38.6 Å². The number of anilines is 3. The average molecular weight is 432 g/mol. The van der Waals surface area contributed by atoms with Crippen LogP contribution in [0.3, 0.4) is 0 Å². The number of hydrogen-bond acceptors (Lipinski definition) is 8. The van der Waals surface area contributed by atoms with Crippen LogP contribution in [-0.4, -0.2) is 27.5 Å². The maximum Gasteiger partial charge on any atom is 0.353 e. The Balaban J connectivity index is 1.56. The minimum Gasteiger partial charge on any atom is -0.348 e. The predicted octanol–water partition coefficient (Wildman–Crippen LogP) is 6.31. The normalized spacial score (nSPS) is 16.3. The summed E-state index contributed by atoms with van der Waals surface area (Å²) in [6.45, 7) is 2.86. The topological polar surface area (TPSA) is 109 Å². The summed E-state index contributed by atoms with van der Waals surface area (Å²) in [7, 11) is 0. The first-order chi connectivity index (χ1) is 15.7. The molecule has 0 radical (unpaired) electrons. The van der Waals surface area contributed by atoms with E-state index in [2.05, 4.69) is 37.3 Å². The summed E-state index contributed by atoms with van der Waals surface area (Å²) < 4.78 is 0. The predicted molar refractivity (Wildman–Crippen MR) is 124 cm³/mol. The van der Waals surface area contributed by atoms with Crippen molar-refractivity contribution in [3.05, 3.63) is 71.0 Å². The summed E-state index contributed by atoms with van der Waals surface area (Å²) in [6.07, 6.45) is 5.45. The molecule has 2 heterocycles. The number of rotatable bonds is 7. The van der Waals surface area contributed by atoms with Crippen molar-refractivity contribution < 1.29 is 4.92 Å². The molecule has 1 fully saturated rings. The second-order valence-electron chi connectivity index (χ2n) is 7.61. The highest BCUT2D eigenvalue weighted by atomic mass is 16.6. The van der Waals surface area contributed by atoms with Crippen LogP contribution in [0, 0.1) is 10.1 Å². The van der Waals surface area contributed by atoms with E-state index in [4.69, 9.17) is 0 Å². The molecule has 1 N–H and O–H groups in total. The first-order valence-corrected chi connectivity index (χ1v) is 10.8. The largest absolute Gasteiger partial charge is 0.353 e. The fourth-order valence-corrected chi connectivity index (χ4v) is 3.90. The zero-order valence-electron chi connectivity index (χ0n) is 17.9. The van der Waals surface area contributed by atoms with E-state index in [1.54, 1.807) is 24.3 Å². The third kappa shape index (κ3) is 4.88. The molecule has 164 valence electrons. The molecule has 1 unspecified atom stereocenters. The summed E-state index contributed by atoms with van der Waals surface area (Å²) in [5.74, 6) is 0.561. The Morgan fingerprint density at radius 1 is 1.06 bits per heavy atom. The van der Waals surface area contributed by atoms with Crippen LogP contribution >= 0.6 is 0 Å². The number of nitro groups is 1. The van der Waals surface area contributed by atoms with Gasteiger partial charge in [-0.2, -0.15) is 10.2 Å². The SMILES string of the molecule is CCC1CCCCN1c1ncnc(Nc2ccc(N=Nc3ccccc3)cc2)c1[N+](=O)[O-]. The van der Waals surface area contributed by atoms with Crippen LogP contribution in [0.2, 0.25) is 0 Å². The summed E-state index contributed by atoms with van der Waals surface area (Å²) in [6, 6.07) is 16.9. The molecule has 9 heteroatoms. The Morgan fingerprint density at radius 2 is 1.78 bits per heavy atom. The highest BCUT2D eigenvalue weighted by Crippen LogP contribution is 2.37. The van der Waals surface area contributed by atoms with Crippen LogP contribution in [0.15, 0.2) is 71.2 Å². The van der Waals surface area contributed by atoms with Crippen LogP contribution in [0.5, 0.6) is 0 Å². The summed E-state index contributed by atoms with van der Waals surface area (Å²) in [5, 5.41) is 23.5. The third-order valence-corrected chi connectivity index (χ3v) is 5.52. The molecule has 3 aromatic rings. The molecular weight excluding hydrogens is 406 g/mol. The highest BCUT2D eigenvalue weighted by molar-refractivity contribution is 5.75. The molecule has 1 aromatic heterocycles. The van der Waals surface area contributed by atoms with Gasteiger partial charge in [0.15, 0.2) is 0 Å². The summed E-state index contributed by atoms with van der Waals surface area (Å²) >= 11 is 0. The summed E-state index contributed by atoms with van der Waals surface area (Å²) in [5.41, 5.74) is 2.01. The average Bonchev–Trinajstić information content (AvgIpc) is 2.84. The van der Waals surface area contributed by atoms with Crippen LogP contribution in [0.1, 0.15) is 32.6 Å². The third-order valence-electron chi connectivity index (χ3n) is 5.52. The number of nitrogens with one attached hydrogen (secondary N) is 1. The number of nitrogens with zero attached hydrogens (tertiary/aromatic N) is 6. The number of hydrogen-bond donors (Lipinski definition) is 1. The molecule has 2 aromatic carbocycles. The first kappa shape index (κ1) is 21.4. The summed E-state index contributed by atoms with van der Waals surface area (Å²) in [4.78, 5) is 22.1. The Hall–Kier alpha value is -3.88. The van der Waals surface area contributed by atoms with Gasteiger partial charge in [0.25, 0.3) is 0 Å². The van der Waals surface area contributed by atoms with Gasteiger partial charge in [0.1, 0.15) is 6.33 Å². The van der Waals surface area contributed by atoms with E-state index in [9.17, 15) is 10.1 Å². The van der Waals surface area contributed by atoms with Crippen molar-refractivity contribution in [3.8, 4) is 0 Å². The maximum absolute atomic E-state index is 12.0. The second-order valence-corrected chi connectivity index (χ2v) is 7.61. The Kier molecular flexibility index (Phi) is 6.64. The van der Waals surface area contributed by atoms with Crippen molar-refractivity contribution in [2.24, 2.45) is 10.2 Å². The lowest BCUT2D eigenvalue weighted by molar-refractivity contribution is -0.383. The molecule has 0 amide bonds. The zero-order chi connectivity index (χ0) is 22.3. The van der Waals surface area contributed by atoms with Gasteiger partial charge in [-0.1, -0.05) is 25.1 Å². The van der Waals surface area contributed by atoms with Crippen molar-refractivity contribution in [3.63, 3.8) is 0 Å². The Labute approximate surface area is 186 Å². The standard InChI is InChI=1S/C23H25N7O2/c1-2-20-10-6-7-15-29(20)23-21(30(31)32)22(24-16-25-23)26-17-11-13-19(14-12-17)28-27-18-8-4-3-5-9-18/h3-5,8-9,11-14,16,20H,2,6-7,10,15H2,1H3,(H,24,25,26). The van der Waals surface area contributed by atoms with Crippen molar-refractivity contribution in [2.75, 3.05) is 16.8 Å². The zero-order valence-corrected chi connectivity index (χ0v) is 17.9. The van der Waals surface area contributed by atoms with Gasteiger partial charge in [0.2, 0.25) is 11.6 Å². The van der Waals surface area contributed by atoms with Crippen LogP contribution < -0.4 is 10.2 Å². The van der Waals surface area contributed by atoms with Crippen LogP contribution in [-0.2, 0) is 0 Å². The van der Waals surface area contributed by atoms with Gasteiger partial charge in [-0.25, -0.2) is 9.97 Å². The molecule has 9 nitrogen and oxygen atoms in total. The Morgan fingerprint density at radius 3 is 2.47 bits per heavy atom. The monoisotopic (exact) mass is 431 g/mol. The molecule has 32 heavy (non-hydrogen) atoms. The molecule has 4 rings (SSSR count). The van der Waals surface area contributed by atoms with Gasteiger partial charge in [-0.05, 0) is 62.1 Å². The number of piperidine rings is 1. The van der Waals surface area contributed by atoms with Crippen LogP contribution in [0.25, 0.3) is 0 Å². The fourth-order valence-electron chi connectivity index (χ4n) is 3.90. The van der Waals surface area contributed by atoms with Crippen molar-refractivity contribution in [1.82, 2.24) is 9.97 Å². The molecule has 0 saturated carbocycles. The van der Waals surface area contributed by atoms with Gasteiger partial charge in [0.05, 0.1) is 16.3 Å². The highest BCUT2D eigenvalue weighted by Gasteiger charge is 2.31. The lowest BCUT2D eigenvalue weighted by atomic mass is 10.00. The minimum absolute atomic E-state index is 0.0966. The number of benzene rings is 2. The van der Waals surface area contributed by atoms with Crippen molar-refractivity contribution >= 4 is 34.4 Å². The number of aromatic nitrogens is 2. The van der Waals surface area contributed by atoms with Crippen molar-refractivity contribution in [1.29, 1.82) is 0 Å². The smallest absolute Gasteiger partial charge is 0.348 e. The second kappa shape index (κ2) is 9.95. The first-order valence-electron chi connectivity index (χ1n) is 10.8. The van der Waals surface area contributed by atoms with E-state index in [1.165, 1.54) is 6.33 Å². The van der Waals surface area contributed by atoms with Gasteiger partial charge in [0, 0.05) is 18.3 Å². The maximum atomic E-state index is 12.0. The Bertz CT molecular complexity index is 1090. The minimum atomic E-state index is -0.401. The molecule has 1 aliphatic rings. The number of azo groups is 1. The van der Waals surface area contributed by atoms with E-state index < -0.39 is 4.92 Å². The van der Waals surface area contributed by atoms with Gasteiger partial charge in [-0.15, -0.1) is 0 Å². The fraction of sp³-hybridized carbons (Fsp3) is 0.304. The van der Waals surface area contributed by atoms with E-state index >= 15 is 0 Å². The molecule has 0 spiro atoms. The molecular formula is C23H25N7O2. The van der Waals surface area contributed by atoms with E-state index in [0.29, 0.717) is 17.2 Å². The molecule has 0 bridgehead atoms. The molecule has 1 aliphatic heterocycles. The van der Waals surface area contributed by atoms with E-state index in [0.717, 1.165) is 37.9 Å². The van der Waals surface area contributed by atoms with E-state index in [1.807, 2.05) is 30.3 Å².